The van der Waals surface area contributed by atoms with E-state index < -0.39 is 0 Å². The molecule has 3 aromatic rings. The van der Waals surface area contributed by atoms with Crippen LogP contribution in [0.2, 0.25) is 0 Å². The van der Waals surface area contributed by atoms with Crippen LogP contribution in [0, 0.1) is 6.92 Å². The van der Waals surface area contributed by atoms with Gasteiger partial charge in [0, 0.05) is 26.0 Å². The number of anilines is 1. The Morgan fingerprint density at radius 3 is 3.00 bits per heavy atom. The van der Waals surface area contributed by atoms with Gasteiger partial charge in [-0.2, -0.15) is 5.10 Å². The molecule has 1 aliphatic rings. The molecule has 0 aliphatic carbocycles. The summed E-state index contributed by atoms with van der Waals surface area (Å²) in [5, 5.41) is 4.42. The normalized spacial score (nSPS) is 12.8. The molecule has 1 aromatic carbocycles. The molecule has 0 fully saturated rings. The molecule has 1 aliphatic heterocycles. The Hall–Kier alpha value is -2.76. The third-order valence-corrected chi connectivity index (χ3v) is 3.71. The van der Waals surface area contributed by atoms with Crippen molar-refractivity contribution < 1.29 is 9.47 Å². The van der Waals surface area contributed by atoms with Crippen molar-refractivity contribution in [1.82, 2.24) is 14.6 Å². The van der Waals surface area contributed by atoms with Gasteiger partial charge in [0.05, 0.1) is 5.69 Å². The Morgan fingerprint density at radius 1 is 1.23 bits per heavy atom. The van der Waals surface area contributed by atoms with Gasteiger partial charge in [0.15, 0.2) is 17.3 Å². The second-order valence-electron chi connectivity index (χ2n) is 5.41. The standard InChI is InChI=1S/C16H16N4O2/c1-11-7-13-16(17-5-6-20(13)18-11)19(2)9-12-3-4-14-15(8-12)22-10-21-14/h3-8H,9-10H2,1-2H3. The highest BCUT2D eigenvalue weighted by molar-refractivity contribution is 5.68. The Kier molecular flexibility index (Phi) is 2.89. The molecule has 0 amide bonds. The van der Waals surface area contributed by atoms with E-state index in [0.717, 1.165) is 40.6 Å². The van der Waals surface area contributed by atoms with Gasteiger partial charge in [-0.1, -0.05) is 6.07 Å². The fourth-order valence-electron chi connectivity index (χ4n) is 2.71. The third kappa shape index (κ3) is 2.13. The number of benzene rings is 1. The quantitative estimate of drug-likeness (QED) is 0.743. The molecule has 2 aromatic heterocycles. The summed E-state index contributed by atoms with van der Waals surface area (Å²) >= 11 is 0. The topological polar surface area (TPSA) is 51.9 Å². The predicted octanol–water partition coefficient (Wildman–Crippen LogP) is 2.40. The Bertz CT molecular complexity index is 843. The van der Waals surface area contributed by atoms with Gasteiger partial charge < -0.3 is 14.4 Å². The number of fused-ring (bicyclic) bond motifs is 2. The predicted molar refractivity (Wildman–Crippen MR) is 82.4 cm³/mol. The van der Waals surface area contributed by atoms with Gasteiger partial charge in [0.1, 0.15) is 5.52 Å². The van der Waals surface area contributed by atoms with Gasteiger partial charge in [0.25, 0.3) is 0 Å². The number of hydrogen-bond donors (Lipinski definition) is 0. The molecule has 6 nitrogen and oxygen atoms in total. The highest BCUT2D eigenvalue weighted by Crippen LogP contribution is 2.33. The molecule has 0 N–H and O–H groups in total. The van der Waals surface area contributed by atoms with E-state index in [0.29, 0.717) is 6.79 Å². The summed E-state index contributed by atoms with van der Waals surface area (Å²) in [4.78, 5) is 6.60. The number of aromatic nitrogens is 3. The summed E-state index contributed by atoms with van der Waals surface area (Å²) in [5.74, 6) is 2.51. The second-order valence-corrected chi connectivity index (χ2v) is 5.41. The molecule has 3 heterocycles. The van der Waals surface area contributed by atoms with Gasteiger partial charge in [-0.15, -0.1) is 0 Å². The lowest BCUT2D eigenvalue weighted by molar-refractivity contribution is 0.174. The lowest BCUT2D eigenvalue weighted by Crippen LogP contribution is -2.18. The van der Waals surface area contributed by atoms with Crippen LogP contribution in [0.1, 0.15) is 11.3 Å². The molecule has 112 valence electrons. The number of aryl methyl sites for hydroxylation is 1. The SMILES string of the molecule is Cc1cc2c(N(C)Cc3ccc4c(c3)OCO4)nccn2n1. The fourth-order valence-corrected chi connectivity index (χ4v) is 2.71. The molecule has 0 saturated heterocycles. The van der Waals surface area contributed by atoms with Crippen LogP contribution in [0.15, 0.2) is 36.7 Å². The van der Waals surface area contributed by atoms with Crippen LogP contribution in [0.3, 0.4) is 0 Å². The average molecular weight is 296 g/mol. The van der Waals surface area contributed by atoms with Crippen molar-refractivity contribution in [2.75, 3.05) is 18.7 Å². The first kappa shape index (κ1) is 12.9. The maximum absolute atomic E-state index is 5.43. The molecular formula is C16H16N4O2. The Labute approximate surface area is 127 Å². The minimum atomic E-state index is 0.296. The first-order valence-corrected chi connectivity index (χ1v) is 7.11. The van der Waals surface area contributed by atoms with Crippen molar-refractivity contribution in [2.24, 2.45) is 0 Å². The minimum Gasteiger partial charge on any atom is -0.454 e. The molecule has 22 heavy (non-hydrogen) atoms. The van der Waals surface area contributed by atoms with E-state index in [9.17, 15) is 0 Å². The fraction of sp³-hybridized carbons (Fsp3) is 0.250. The first-order chi connectivity index (χ1) is 10.7. The zero-order valence-corrected chi connectivity index (χ0v) is 12.5. The lowest BCUT2D eigenvalue weighted by atomic mass is 10.2. The highest BCUT2D eigenvalue weighted by atomic mass is 16.7. The highest BCUT2D eigenvalue weighted by Gasteiger charge is 2.15. The number of ether oxygens (including phenoxy) is 2. The summed E-state index contributed by atoms with van der Waals surface area (Å²) in [6, 6.07) is 8.05. The number of hydrogen-bond acceptors (Lipinski definition) is 5. The van der Waals surface area contributed by atoms with E-state index in [-0.39, 0.29) is 0 Å². The van der Waals surface area contributed by atoms with Crippen LogP contribution in [0.25, 0.3) is 5.52 Å². The van der Waals surface area contributed by atoms with Crippen LogP contribution >= 0.6 is 0 Å². The van der Waals surface area contributed by atoms with Crippen LogP contribution < -0.4 is 14.4 Å². The van der Waals surface area contributed by atoms with Crippen molar-refractivity contribution in [1.29, 1.82) is 0 Å². The van der Waals surface area contributed by atoms with Crippen LogP contribution in [-0.2, 0) is 6.54 Å². The molecule has 0 bridgehead atoms. The Balaban J connectivity index is 1.64. The monoisotopic (exact) mass is 296 g/mol. The molecule has 0 radical (unpaired) electrons. The van der Waals surface area contributed by atoms with E-state index >= 15 is 0 Å². The zero-order chi connectivity index (χ0) is 15.1. The lowest BCUT2D eigenvalue weighted by Gasteiger charge is -2.19. The first-order valence-electron chi connectivity index (χ1n) is 7.11. The van der Waals surface area contributed by atoms with Crippen molar-refractivity contribution in [3.05, 3.63) is 47.9 Å². The van der Waals surface area contributed by atoms with Crippen molar-refractivity contribution in [3.63, 3.8) is 0 Å². The molecule has 0 spiro atoms. The second kappa shape index (κ2) is 4.91. The maximum atomic E-state index is 5.43. The molecule has 0 saturated carbocycles. The van der Waals surface area contributed by atoms with Crippen molar-refractivity contribution in [2.45, 2.75) is 13.5 Å². The van der Waals surface area contributed by atoms with Crippen molar-refractivity contribution >= 4 is 11.3 Å². The third-order valence-electron chi connectivity index (χ3n) is 3.71. The van der Waals surface area contributed by atoms with Crippen LogP contribution in [0.4, 0.5) is 5.82 Å². The smallest absolute Gasteiger partial charge is 0.231 e. The van der Waals surface area contributed by atoms with Gasteiger partial charge in [0.2, 0.25) is 6.79 Å². The average Bonchev–Trinajstić information content (AvgIpc) is 3.10. The van der Waals surface area contributed by atoms with Crippen LogP contribution in [0.5, 0.6) is 11.5 Å². The van der Waals surface area contributed by atoms with E-state index in [4.69, 9.17) is 9.47 Å². The van der Waals surface area contributed by atoms with Crippen LogP contribution in [-0.4, -0.2) is 28.4 Å². The number of nitrogens with zero attached hydrogens (tertiary/aromatic N) is 4. The zero-order valence-electron chi connectivity index (χ0n) is 12.5. The van der Waals surface area contributed by atoms with Gasteiger partial charge in [-0.3, -0.25) is 0 Å². The maximum Gasteiger partial charge on any atom is 0.231 e. The molecule has 0 unspecified atom stereocenters. The minimum absolute atomic E-state index is 0.296. The van der Waals surface area contributed by atoms with Gasteiger partial charge in [-0.05, 0) is 30.7 Å². The van der Waals surface area contributed by atoms with E-state index in [1.807, 2.05) is 48.9 Å². The molecule has 4 rings (SSSR count). The summed E-state index contributed by atoms with van der Waals surface area (Å²) in [6.07, 6.45) is 3.63. The van der Waals surface area contributed by atoms with Gasteiger partial charge >= 0.3 is 0 Å². The molecule has 0 atom stereocenters. The summed E-state index contributed by atoms with van der Waals surface area (Å²) in [7, 11) is 2.02. The largest absolute Gasteiger partial charge is 0.454 e. The van der Waals surface area contributed by atoms with E-state index in [2.05, 4.69) is 15.0 Å². The van der Waals surface area contributed by atoms with E-state index in [1.165, 1.54) is 0 Å². The van der Waals surface area contributed by atoms with Crippen molar-refractivity contribution in [3.8, 4) is 11.5 Å². The summed E-state index contributed by atoms with van der Waals surface area (Å²) in [6.45, 7) is 3.01. The number of rotatable bonds is 3. The Morgan fingerprint density at radius 2 is 2.09 bits per heavy atom. The van der Waals surface area contributed by atoms with Gasteiger partial charge in [-0.25, -0.2) is 9.50 Å². The summed E-state index contributed by atoms with van der Waals surface area (Å²) in [5.41, 5.74) is 3.13. The molecular weight excluding hydrogens is 280 g/mol. The van der Waals surface area contributed by atoms with E-state index in [1.54, 1.807) is 6.20 Å². The molecule has 6 heteroatoms. The summed E-state index contributed by atoms with van der Waals surface area (Å²) < 4.78 is 12.6.